The molecule has 0 aliphatic heterocycles. The summed E-state index contributed by atoms with van der Waals surface area (Å²) in [6.07, 6.45) is 6.29. The fraction of sp³-hybridized carbons (Fsp3) is 0.400. The van der Waals surface area contributed by atoms with Crippen LogP contribution in [0, 0.1) is 0 Å². The van der Waals surface area contributed by atoms with Crippen LogP contribution in [-0.4, -0.2) is 11.2 Å². The van der Waals surface area contributed by atoms with Crippen LogP contribution in [0.4, 0.5) is 0 Å². The fourth-order valence-corrected chi connectivity index (χ4v) is 3.56. The Morgan fingerprint density at radius 1 is 0.905 bits per heavy atom. The summed E-state index contributed by atoms with van der Waals surface area (Å²) in [7, 11) is 0. The lowest BCUT2D eigenvalue weighted by atomic mass is 9.60. The van der Waals surface area contributed by atoms with Crippen LogP contribution in [0.15, 0.2) is 60.7 Å². The van der Waals surface area contributed by atoms with Gasteiger partial charge in [0.15, 0.2) is 0 Å². The average molecular weight is 280 g/mol. The number of aliphatic hydroxyl groups excluding tert-OH is 1. The van der Waals surface area contributed by atoms with Gasteiger partial charge in [0.2, 0.25) is 0 Å². The van der Waals surface area contributed by atoms with Crippen molar-refractivity contribution in [3.63, 3.8) is 0 Å². The first-order valence-electron chi connectivity index (χ1n) is 8.09. The molecular formula is C20H24O. The van der Waals surface area contributed by atoms with Gasteiger partial charge in [-0.2, -0.15) is 0 Å². The molecule has 1 saturated carbocycles. The van der Waals surface area contributed by atoms with Gasteiger partial charge in [0.1, 0.15) is 0 Å². The summed E-state index contributed by atoms with van der Waals surface area (Å²) in [6, 6.07) is 21.2. The third kappa shape index (κ3) is 3.03. The van der Waals surface area contributed by atoms with E-state index in [2.05, 4.69) is 60.7 Å². The third-order valence-electron chi connectivity index (χ3n) is 5.02. The molecule has 0 heterocycles. The largest absolute Gasteiger partial charge is 0.392 e. The molecule has 0 radical (unpaired) electrons. The summed E-state index contributed by atoms with van der Waals surface area (Å²) in [5.41, 5.74) is 2.72. The number of aryl methyl sites for hydroxylation is 1. The standard InChI is InChI=1S/C20H24O/c21-19(14-7-11-17-9-3-1-4-10-17)20(15-8-16-20)18-12-5-2-6-13-18/h1-6,9-10,12-13,19,21H,7-8,11,14-16H2. The van der Waals surface area contributed by atoms with E-state index in [1.165, 1.54) is 17.5 Å². The summed E-state index contributed by atoms with van der Waals surface area (Å²) in [5, 5.41) is 10.8. The maximum absolute atomic E-state index is 10.8. The average Bonchev–Trinajstić information content (AvgIpc) is 2.48. The molecule has 0 saturated heterocycles. The van der Waals surface area contributed by atoms with Gasteiger partial charge in [-0.05, 0) is 43.2 Å². The third-order valence-corrected chi connectivity index (χ3v) is 5.02. The van der Waals surface area contributed by atoms with E-state index in [0.717, 1.165) is 32.1 Å². The molecule has 0 aromatic heterocycles. The number of rotatable bonds is 6. The highest BCUT2D eigenvalue weighted by Gasteiger charge is 2.44. The molecule has 0 amide bonds. The van der Waals surface area contributed by atoms with E-state index in [9.17, 15) is 5.11 Å². The molecular weight excluding hydrogens is 256 g/mol. The highest BCUT2D eigenvalue weighted by atomic mass is 16.3. The Kier molecular flexibility index (Phi) is 4.40. The SMILES string of the molecule is OC(CCCc1ccccc1)C1(c2ccccc2)CCC1. The Labute approximate surface area is 127 Å². The molecule has 1 atom stereocenters. The molecule has 0 bridgehead atoms. The quantitative estimate of drug-likeness (QED) is 0.826. The van der Waals surface area contributed by atoms with Gasteiger partial charge in [0.05, 0.1) is 6.10 Å². The number of aliphatic hydroxyl groups is 1. The molecule has 1 fully saturated rings. The monoisotopic (exact) mass is 280 g/mol. The molecule has 21 heavy (non-hydrogen) atoms. The lowest BCUT2D eigenvalue weighted by Crippen LogP contribution is -2.45. The second kappa shape index (κ2) is 6.44. The minimum Gasteiger partial charge on any atom is -0.392 e. The molecule has 1 heteroatoms. The molecule has 1 nitrogen and oxygen atoms in total. The van der Waals surface area contributed by atoms with E-state index in [1.54, 1.807) is 0 Å². The van der Waals surface area contributed by atoms with Gasteiger partial charge < -0.3 is 5.11 Å². The van der Waals surface area contributed by atoms with Crippen LogP contribution < -0.4 is 0 Å². The van der Waals surface area contributed by atoms with Crippen molar-refractivity contribution in [2.75, 3.05) is 0 Å². The summed E-state index contributed by atoms with van der Waals surface area (Å²) < 4.78 is 0. The van der Waals surface area contributed by atoms with Crippen LogP contribution in [0.3, 0.4) is 0 Å². The Morgan fingerprint density at radius 2 is 1.52 bits per heavy atom. The topological polar surface area (TPSA) is 20.2 Å². The highest BCUT2D eigenvalue weighted by molar-refractivity contribution is 5.29. The second-order valence-electron chi connectivity index (χ2n) is 6.27. The lowest BCUT2D eigenvalue weighted by molar-refractivity contribution is 0.0210. The van der Waals surface area contributed by atoms with E-state index in [-0.39, 0.29) is 11.5 Å². The molecule has 3 rings (SSSR count). The van der Waals surface area contributed by atoms with Crippen molar-refractivity contribution in [2.45, 2.75) is 50.0 Å². The van der Waals surface area contributed by atoms with Crippen molar-refractivity contribution in [3.8, 4) is 0 Å². The maximum Gasteiger partial charge on any atom is 0.0636 e. The second-order valence-corrected chi connectivity index (χ2v) is 6.27. The van der Waals surface area contributed by atoms with Gasteiger partial charge in [0, 0.05) is 5.41 Å². The van der Waals surface area contributed by atoms with Gasteiger partial charge in [-0.1, -0.05) is 67.1 Å². The zero-order chi connectivity index (χ0) is 14.5. The molecule has 110 valence electrons. The van der Waals surface area contributed by atoms with Crippen LogP contribution in [0.2, 0.25) is 0 Å². The molecule has 2 aromatic carbocycles. The first-order chi connectivity index (χ1) is 10.3. The Hall–Kier alpha value is -1.60. The Balaban J connectivity index is 1.60. The summed E-state index contributed by atoms with van der Waals surface area (Å²) >= 11 is 0. The zero-order valence-electron chi connectivity index (χ0n) is 12.5. The zero-order valence-corrected chi connectivity index (χ0v) is 12.5. The van der Waals surface area contributed by atoms with Crippen LogP contribution >= 0.6 is 0 Å². The summed E-state index contributed by atoms with van der Waals surface area (Å²) in [5.74, 6) is 0. The first-order valence-corrected chi connectivity index (χ1v) is 8.09. The molecule has 1 unspecified atom stereocenters. The van der Waals surface area contributed by atoms with E-state index in [0.29, 0.717) is 0 Å². The smallest absolute Gasteiger partial charge is 0.0636 e. The minimum absolute atomic E-state index is 0.0257. The van der Waals surface area contributed by atoms with E-state index < -0.39 is 0 Å². The van der Waals surface area contributed by atoms with Gasteiger partial charge in [-0.15, -0.1) is 0 Å². The predicted molar refractivity (Wildman–Crippen MR) is 87.4 cm³/mol. The number of benzene rings is 2. The van der Waals surface area contributed by atoms with Gasteiger partial charge in [-0.25, -0.2) is 0 Å². The van der Waals surface area contributed by atoms with Crippen LogP contribution in [0.1, 0.15) is 43.2 Å². The molecule has 1 aliphatic carbocycles. The number of hydrogen-bond donors (Lipinski definition) is 1. The van der Waals surface area contributed by atoms with Gasteiger partial charge in [0.25, 0.3) is 0 Å². The maximum atomic E-state index is 10.8. The number of hydrogen-bond acceptors (Lipinski definition) is 1. The molecule has 0 spiro atoms. The normalized spacial score (nSPS) is 18.0. The van der Waals surface area contributed by atoms with Crippen LogP contribution in [0.5, 0.6) is 0 Å². The van der Waals surface area contributed by atoms with Crippen molar-refractivity contribution in [2.24, 2.45) is 0 Å². The van der Waals surface area contributed by atoms with E-state index in [1.807, 2.05) is 0 Å². The van der Waals surface area contributed by atoms with Crippen molar-refractivity contribution in [1.29, 1.82) is 0 Å². The molecule has 1 aliphatic rings. The van der Waals surface area contributed by atoms with Crippen molar-refractivity contribution < 1.29 is 5.11 Å². The highest BCUT2D eigenvalue weighted by Crippen LogP contribution is 2.47. The lowest BCUT2D eigenvalue weighted by Gasteiger charge is -2.46. The van der Waals surface area contributed by atoms with E-state index in [4.69, 9.17) is 0 Å². The van der Waals surface area contributed by atoms with Crippen molar-refractivity contribution >= 4 is 0 Å². The minimum atomic E-state index is -0.211. The Bertz CT molecular complexity index is 543. The molecule has 2 aromatic rings. The van der Waals surface area contributed by atoms with Crippen molar-refractivity contribution in [1.82, 2.24) is 0 Å². The fourth-order valence-electron chi connectivity index (χ4n) is 3.56. The van der Waals surface area contributed by atoms with E-state index >= 15 is 0 Å². The van der Waals surface area contributed by atoms with Crippen molar-refractivity contribution in [3.05, 3.63) is 71.8 Å². The summed E-state index contributed by atoms with van der Waals surface area (Å²) in [4.78, 5) is 0. The summed E-state index contributed by atoms with van der Waals surface area (Å²) in [6.45, 7) is 0. The first kappa shape index (κ1) is 14.3. The van der Waals surface area contributed by atoms with Gasteiger partial charge in [-0.3, -0.25) is 0 Å². The van der Waals surface area contributed by atoms with Crippen LogP contribution in [-0.2, 0) is 11.8 Å². The van der Waals surface area contributed by atoms with Gasteiger partial charge >= 0.3 is 0 Å². The predicted octanol–water partition coefficient (Wildman–Crippen LogP) is 4.49. The Morgan fingerprint density at radius 3 is 2.10 bits per heavy atom. The molecule has 1 N–H and O–H groups in total. The van der Waals surface area contributed by atoms with Crippen LogP contribution in [0.25, 0.3) is 0 Å².